The van der Waals surface area contributed by atoms with E-state index in [4.69, 9.17) is 0 Å². The average molecular weight is 463 g/mol. The Labute approximate surface area is 197 Å². The molecule has 4 nitrogen and oxygen atoms in total. The highest BCUT2D eigenvalue weighted by molar-refractivity contribution is 8.02. The quantitative estimate of drug-likeness (QED) is 0.129. The Balaban J connectivity index is 1.27. The van der Waals surface area contributed by atoms with Crippen LogP contribution in [0.25, 0.3) is 0 Å². The summed E-state index contributed by atoms with van der Waals surface area (Å²) in [6, 6.07) is 26.9. The molecule has 3 aromatic rings. The Kier molecular flexibility index (Phi) is 7.71. The number of carbonyl (C=O) groups is 1. The van der Waals surface area contributed by atoms with E-state index < -0.39 is 5.60 Å². The van der Waals surface area contributed by atoms with Crippen LogP contribution in [0.3, 0.4) is 0 Å². The molecule has 0 heterocycles. The van der Waals surface area contributed by atoms with Crippen LogP contribution >= 0.6 is 23.7 Å². The predicted molar refractivity (Wildman–Crippen MR) is 135 cm³/mol. The van der Waals surface area contributed by atoms with Crippen LogP contribution in [0.15, 0.2) is 102 Å². The minimum Gasteiger partial charge on any atom is -0.381 e. The third kappa shape index (κ3) is 6.04. The van der Waals surface area contributed by atoms with E-state index >= 15 is 0 Å². The van der Waals surface area contributed by atoms with Gasteiger partial charge < -0.3 is 10.4 Å². The highest BCUT2D eigenvalue weighted by Crippen LogP contribution is 2.36. The molecule has 4 rings (SSSR count). The molecular weight excluding hydrogens is 436 g/mol. The monoisotopic (exact) mass is 462 g/mol. The van der Waals surface area contributed by atoms with E-state index in [1.54, 1.807) is 35.8 Å². The molecule has 6 heteroatoms. The number of benzene rings is 3. The summed E-state index contributed by atoms with van der Waals surface area (Å²) in [5, 5.41) is 14.3. The molecule has 0 aliphatic heterocycles. The summed E-state index contributed by atoms with van der Waals surface area (Å²) in [4.78, 5) is 13.6. The fourth-order valence-corrected chi connectivity index (χ4v) is 5.18. The van der Waals surface area contributed by atoms with Gasteiger partial charge in [0, 0.05) is 21.4 Å². The topological polar surface area (TPSA) is 61.4 Å². The lowest BCUT2D eigenvalue weighted by Gasteiger charge is -2.31. The van der Waals surface area contributed by atoms with Crippen molar-refractivity contribution in [1.29, 1.82) is 0 Å². The van der Waals surface area contributed by atoms with Crippen molar-refractivity contribution in [3.05, 3.63) is 108 Å². The molecule has 0 bridgehead atoms. The standard InChI is InChI=1S/C26H26N2O2S2/c29-25(20-7-3-1-4-8-20)28-22-13-11-21(12-14-22)26(30)17-15-24(16-18-26)32-27-19-31-23-9-5-2-6-10-23/h1-15,17,24,27,30H,16,18-19H2,(H,28,29)/t24?,26-/m0/s1. The normalized spacial score (nSPS) is 20.1. The Morgan fingerprint density at radius 2 is 1.66 bits per heavy atom. The molecule has 1 aliphatic carbocycles. The smallest absolute Gasteiger partial charge is 0.255 e. The van der Waals surface area contributed by atoms with Crippen LogP contribution in [-0.2, 0) is 5.60 Å². The van der Waals surface area contributed by atoms with Gasteiger partial charge in [0.25, 0.3) is 5.91 Å². The Morgan fingerprint density at radius 3 is 2.31 bits per heavy atom. The number of carbonyl (C=O) groups excluding carboxylic acids is 1. The molecule has 164 valence electrons. The molecule has 32 heavy (non-hydrogen) atoms. The Bertz CT molecular complexity index is 1040. The highest BCUT2D eigenvalue weighted by atomic mass is 32.2. The van der Waals surface area contributed by atoms with Gasteiger partial charge in [0.1, 0.15) is 5.60 Å². The van der Waals surface area contributed by atoms with E-state index in [-0.39, 0.29) is 5.91 Å². The maximum atomic E-state index is 12.3. The van der Waals surface area contributed by atoms with Crippen LogP contribution in [0.4, 0.5) is 5.69 Å². The number of hydrogen-bond donors (Lipinski definition) is 3. The van der Waals surface area contributed by atoms with Crippen molar-refractivity contribution in [2.45, 2.75) is 28.6 Å². The van der Waals surface area contributed by atoms with Gasteiger partial charge in [0.2, 0.25) is 0 Å². The summed E-state index contributed by atoms with van der Waals surface area (Å²) in [5.74, 6) is 0.687. The fourth-order valence-electron chi connectivity index (χ4n) is 3.55. The zero-order valence-corrected chi connectivity index (χ0v) is 19.2. The van der Waals surface area contributed by atoms with Crippen molar-refractivity contribution in [3.63, 3.8) is 0 Å². The molecule has 3 aromatic carbocycles. The summed E-state index contributed by atoms with van der Waals surface area (Å²) in [7, 11) is 0. The first-order valence-electron chi connectivity index (χ1n) is 10.6. The molecule has 0 radical (unpaired) electrons. The van der Waals surface area contributed by atoms with Gasteiger partial charge in [-0.05, 0) is 54.8 Å². The molecule has 1 unspecified atom stereocenters. The van der Waals surface area contributed by atoms with Crippen molar-refractivity contribution in [2.24, 2.45) is 0 Å². The number of amides is 1. The third-order valence-electron chi connectivity index (χ3n) is 5.35. The summed E-state index contributed by atoms with van der Waals surface area (Å²) in [6.07, 6.45) is 5.52. The number of rotatable bonds is 8. The van der Waals surface area contributed by atoms with E-state index in [2.05, 4.69) is 28.2 Å². The van der Waals surface area contributed by atoms with Gasteiger partial charge >= 0.3 is 0 Å². The highest BCUT2D eigenvalue weighted by Gasteiger charge is 2.30. The predicted octanol–water partition coefficient (Wildman–Crippen LogP) is 5.83. The van der Waals surface area contributed by atoms with Gasteiger partial charge in [-0.1, -0.05) is 72.6 Å². The first-order valence-corrected chi connectivity index (χ1v) is 12.4. The molecule has 3 N–H and O–H groups in total. The molecule has 0 saturated carbocycles. The minimum atomic E-state index is -0.974. The van der Waals surface area contributed by atoms with E-state index in [0.717, 1.165) is 17.9 Å². The number of aliphatic hydroxyl groups is 1. The maximum absolute atomic E-state index is 12.3. The largest absolute Gasteiger partial charge is 0.381 e. The molecular formula is C26H26N2O2S2. The van der Waals surface area contributed by atoms with Gasteiger partial charge in [-0.25, -0.2) is 0 Å². The van der Waals surface area contributed by atoms with Crippen LogP contribution in [0.1, 0.15) is 28.8 Å². The zero-order chi connectivity index (χ0) is 22.2. The van der Waals surface area contributed by atoms with Crippen molar-refractivity contribution >= 4 is 35.3 Å². The molecule has 0 saturated heterocycles. The number of nitrogens with one attached hydrogen (secondary N) is 2. The van der Waals surface area contributed by atoms with Crippen LogP contribution in [0.2, 0.25) is 0 Å². The number of thioether (sulfide) groups is 1. The third-order valence-corrected chi connectivity index (χ3v) is 7.43. The number of hydrogen-bond acceptors (Lipinski definition) is 5. The van der Waals surface area contributed by atoms with Crippen LogP contribution in [0, 0.1) is 0 Å². The molecule has 1 amide bonds. The fraction of sp³-hybridized carbons (Fsp3) is 0.192. The summed E-state index contributed by atoms with van der Waals surface area (Å²) in [5.41, 5.74) is 1.18. The van der Waals surface area contributed by atoms with Gasteiger partial charge in [-0.3, -0.25) is 9.52 Å². The second-order valence-electron chi connectivity index (χ2n) is 7.62. The summed E-state index contributed by atoms with van der Waals surface area (Å²) in [6.45, 7) is 0. The van der Waals surface area contributed by atoms with Crippen molar-refractivity contribution in [2.75, 3.05) is 11.2 Å². The van der Waals surface area contributed by atoms with Crippen LogP contribution in [-0.4, -0.2) is 22.1 Å². The van der Waals surface area contributed by atoms with Gasteiger partial charge in [0.05, 0.1) is 5.88 Å². The summed E-state index contributed by atoms with van der Waals surface area (Å²) >= 11 is 3.48. The lowest BCUT2D eigenvalue weighted by Crippen LogP contribution is -2.28. The first-order chi connectivity index (χ1) is 15.6. The van der Waals surface area contributed by atoms with E-state index in [1.807, 2.05) is 66.7 Å². The van der Waals surface area contributed by atoms with Crippen molar-refractivity contribution in [3.8, 4) is 0 Å². The molecule has 0 spiro atoms. The van der Waals surface area contributed by atoms with Crippen LogP contribution < -0.4 is 10.0 Å². The molecule has 1 aliphatic rings. The van der Waals surface area contributed by atoms with Gasteiger partial charge in [-0.2, -0.15) is 0 Å². The molecule has 0 fully saturated rings. The van der Waals surface area contributed by atoms with Crippen molar-refractivity contribution < 1.29 is 9.90 Å². The van der Waals surface area contributed by atoms with E-state index in [0.29, 0.717) is 22.9 Å². The molecule has 2 atom stereocenters. The van der Waals surface area contributed by atoms with E-state index in [1.165, 1.54) is 4.90 Å². The summed E-state index contributed by atoms with van der Waals surface area (Å²) < 4.78 is 3.42. The molecule has 0 aromatic heterocycles. The first kappa shape index (κ1) is 22.7. The van der Waals surface area contributed by atoms with Gasteiger partial charge in [-0.15, -0.1) is 11.8 Å². The Hall–Kier alpha value is -2.51. The SMILES string of the molecule is O=C(Nc1ccc([C@]2(O)C=CC(SNCSc3ccccc3)CC2)cc1)c1ccccc1. The second kappa shape index (κ2) is 10.9. The average Bonchev–Trinajstić information content (AvgIpc) is 2.84. The number of anilines is 1. The lowest BCUT2D eigenvalue weighted by molar-refractivity contribution is 0.0732. The Morgan fingerprint density at radius 1 is 0.969 bits per heavy atom. The van der Waals surface area contributed by atoms with Crippen LogP contribution in [0.5, 0.6) is 0 Å². The van der Waals surface area contributed by atoms with Crippen molar-refractivity contribution in [1.82, 2.24) is 4.72 Å². The second-order valence-corrected chi connectivity index (χ2v) is 9.80. The van der Waals surface area contributed by atoms with Gasteiger partial charge in [0.15, 0.2) is 0 Å². The maximum Gasteiger partial charge on any atom is 0.255 e. The zero-order valence-electron chi connectivity index (χ0n) is 17.6. The minimum absolute atomic E-state index is 0.146. The lowest BCUT2D eigenvalue weighted by atomic mass is 9.84. The van der Waals surface area contributed by atoms with E-state index in [9.17, 15) is 9.90 Å².